The topological polar surface area (TPSA) is 49.4 Å². The molecule has 1 saturated heterocycles. The summed E-state index contributed by atoms with van der Waals surface area (Å²) >= 11 is 0. The van der Waals surface area contributed by atoms with E-state index in [1.807, 2.05) is 4.90 Å². The van der Waals surface area contributed by atoms with Crippen LogP contribution in [0.1, 0.15) is 64.7 Å². The average Bonchev–Trinajstić information content (AvgIpc) is 2.82. The van der Waals surface area contributed by atoms with Crippen molar-refractivity contribution in [2.24, 2.45) is 5.41 Å². The van der Waals surface area contributed by atoms with Crippen molar-refractivity contribution in [3.63, 3.8) is 0 Å². The van der Waals surface area contributed by atoms with Crippen LogP contribution in [0, 0.1) is 5.41 Å². The Kier molecular flexibility index (Phi) is 3.51. The molecule has 4 nitrogen and oxygen atoms in total. The molecule has 3 fully saturated rings. The van der Waals surface area contributed by atoms with Crippen LogP contribution in [-0.2, 0) is 9.59 Å². The van der Waals surface area contributed by atoms with Crippen molar-refractivity contribution >= 4 is 11.8 Å². The molecular formula is C16H26N2O2. The van der Waals surface area contributed by atoms with Crippen LogP contribution in [0.15, 0.2) is 0 Å². The zero-order valence-corrected chi connectivity index (χ0v) is 12.5. The van der Waals surface area contributed by atoms with Crippen LogP contribution < -0.4 is 5.32 Å². The lowest BCUT2D eigenvalue weighted by atomic mass is 9.66. The maximum Gasteiger partial charge on any atom is 0.248 e. The van der Waals surface area contributed by atoms with Gasteiger partial charge in [-0.2, -0.15) is 0 Å². The lowest BCUT2D eigenvalue weighted by molar-refractivity contribution is -0.141. The van der Waals surface area contributed by atoms with Crippen LogP contribution in [0.2, 0.25) is 0 Å². The third-order valence-corrected chi connectivity index (χ3v) is 5.83. The number of hydrogen-bond donors (Lipinski definition) is 1. The van der Waals surface area contributed by atoms with Crippen LogP contribution >= 0.6 is 0 Å². The molecule has 1 aliphatic heterocycles. The second-order valence-corrected chi connectivity index (χ2v) is 7.02. The molecule has 2 aliphatic carbocycles. The highest BCUT2D eigenvalue weighted by Gasteiger charge is 2.48. The number of nitrogens with one attached hydrogen (secondary N) is 1. The molecule has 0 aromatic rings. The summed E-state index contributed by atoms with van der Waals surface area (Å²) < 4.78 is 0. The Balaban J connectivity index is 1.79. The molecule has 2 saturated carbocycles. The maximum absolute atomic E-state index is 13.0. The SMILES string of the molecule is CCC1(CN2CCC(=O)NC3(CCCC3)C2=O)CCC1. The summed E-state index contributed by atoms with van der Waals surface area (Å²) in [6.45, 7) is 3.70. The summed E-state index contributed by atoms with van der Waals surface area (Å²) in [4.78, 5) is 26.9. The molecule has 1 heterocycles. The molecule has 0 aromatic carbocycles. The number of carbonyl (C=O) groups excluding carboxylic acids is 2. The van der Waals surface area contributed by atoms with Crippen molar-refractivity contribution in [2.75, 3.05) is 13.1 Å². The van der Waals surface area contributed by atoms with E-state index >= 15 is 0 Å². The van der Waals surface area contributed by atoms with Gasteiger partial charge in [0.15, 0.2) is 0 Å². The minimum atomic E-state index is -0.563. The number of hydrogen-bond acceptors (Lipinski definition) is 2. The number of nitrogens with zero attached hydrogens (tertiary/aromatic N) is 1. The van der Waals surface area contributed by atoms with Gasteiger partial charge in [-0.3, -0.25) is 9.59 Å². The van der Waals surface area contributed by atoms with E-state index in [2.05, 4.69) is 12.2 Å². The molecule has 2 amide bonds. The van der Waals surface area contributed by atoms with Gasteiger partial charge < -0.3 is 10.2 Å². The normalized spacial score (nSPS) is 28.1. The number of amides is 2. The minimum Gasteiger partial charge on any atom is -0.342 e. The van der Waals surface area contributed by atoms with E-state index in [1.165, 1.54) is 19.3 Å². The van der Waals surface area contributed by atoms with Gasteiger partial charge in [0.05, 0.1) is 0 Å². The Bertz CT molecular complexity index is 403. The smallest absolute Gasteiger partial charge is 0.248 e. The highest BCUT2D eigenvalue weighted by atomic mass is 16.2. The van der Waals surface area contributed by atoms with Crippen molar-refractivity contribution in [1.29, 1.82) is 0 Å². The largest absolute Gasteiger partial charge is 0.342 e. The van der Waals surface area contributed by atoms with E-state index < -0.39 is 5.54 Å². The minimum absolute atomic E-state index is 0.0573. The van der Waals surface area contributed by atoms with E-state index in [0.29, 0.717) is 18.4 Å². The quantitative estimate of drug-likeness (QED) is 0.860. The second kappa shape index (κ2) is 5.05. The maximum atomic E-state index is 13.0. The lowest BCUT2D eigenvalue weighted by Crippen LogP contribution is -2.57. The van der Waals surface area contributed by atoms with Crippen molar-refractivity contribution in [1.82, 2.24) is 10.2 Å². The monoisotopic (exact) mass is 278 g/mol. The van der Waals surface area contributed by atoms with E-state index in [0.717, 1.165) is 38.6 Å². The molecule has 1 N–H and O–H groups in total. The molecule has 0 unspecified atom stereocenters. The zero-order chi connectivity index (χ0) is 14.2. The summed E-state index contributed by atoms with van der Waals surface area (Å²) in [7, 11) is 0. The summed E-state index contributed by atoms with van der Waals surface area (Å²) in [5.41, 5.74) is -0.227. The fraction of sp³-hybridized carbons (Fsp3) is 0.875. The molecule has 20 heavy (non-hydrogen) atoms. The van der Waals surface area contributed by atoms with Gasteiger partial charge in [-0.25, -0.2) is 0 Å². The third-order valence-electron chi connectivity index (χ3n) is 5.83. The number of rotatable bonds is 3. The van der Waals surface area contributed by atoms with Crippen LogP contribution in [0.3, 0.4) is 0 Å². The van der Waals surface area contributed by atoms with Crippen molar-refractivity contribution in [3.8, 4) is 0 Å². The standard InChI is InChI=1S/C16H26N2O2/c1-2-15(7-5-8-15)12-18-11-6-13(19)17-16(14(18)20)9-3-4-10-16/h2-12H2,1H3,(H,17,19). The molecule has 4 heteroatoms. The molecule has 3 aliphatic rings. The first kappa shape index (κ1) is 13.9. The number of carbonyl (C=O) groups is 2. The predicted octanol–water partition coefficient (Wildman–Crippen LogP) is 2.23. The van der Waals surface area contributed by atoms with Gasteiger partial charge in [0.2, 0.25) is 11.8 Å². The zero-order valence-electron chi connectivity index (χ0n) is 12.5. The van der Waals surface area contributed by atoms with Crippen LogP contribution in [0.4, 0.5) is 0 Å². The molecule has 0 atom stereocenters. The third kappa shape index (κ3) is 2.23. The van der Waals surface area contributed by atoms with Gasteiger partial charge in [0.1, 0.15) is 5.54 Å². The van der Waals surface area contributed by atoms with Gasteiger partial charge in [-0.15, -0.1) is 0 Å². The second-order valence-electron chi connectivity index (χ2n) is 7.02. The predicted molar refractivity (Wildman–Crippen MR) is 77.1 cm³/mol. The summed E-state index contributed by atoms with van der Waals surface area (Å²) in [6, 6.07) is 0. The first-order valence-corrected chi connectivity index (χ1v) is 8.20. The van der Waals surface area contributed by atoms with Crippen molar-refractivity contribution < 1.29 is 9.59 Å². The summed E-state index contributed by atoms with van der Waals surface area (Å²) in [6.07, 6.45) is 9.14. The van der Waals surface area contributed by atoms with Gasteiger partial charge in [0.25, 0.3) is 0 Å². The Morgan fingerprint density at radius 1 is 1.10 bits per heavy atom. The Morgan fingerprint density at radius 2 is 1.80 bits per heavy atom. The van der Waals surface area contributed by atoms with Gasteiger partial charge in [0, 0.05) is 19.5 Å². The molecule has 0 aromatic heterocycles. The highest BCUT2D eigenvalue weighted by Crippen LogP contribution is 2.45. The summed E-state index contributed by atoms with van der Waals surface area (Å²) in [5.74, 6) is 0.252. The Hall–Kier alpha value is -1.06. The Labute approximate surface area is 121 Å². The molecular weight excluding hydrogens is 252 g/mol. The highest BCUT2D eigenvalue weighted by molar-refractivity contribution is 5.93. The van der Waals surface area contributed by atoms with E-state index in [4.69, 9.17) is 0 Å². The van der Waals surface area contributed by atoms with Gasteiger partial charge >= 0.3 is 0 Å². The molecule has 3 rings (SSSR count). The first-order valence-electron chi connectivity index (χ1n) is 8.20. The van der Waals surface area contributed by atoms with Crippen LogP contribution in [-0.4, -0.2) is 35.3 Å². The molecule has 1 spiro atoms. The average molecular weight is 278 g/mol. The molecule has 112 valence electrons. The Morgan fingerprint density at radius 3 is 2.35 bits per heavy atom. The first-order chi connectivity index (χ1) is 9.59. The molecule has 0 radical (unpaired) electrons. The fourth-order valence-corrected chi connectivity index (χ4v) is 4.20. The van der Waals surface area contributed by atoms with E-state index in [-0.39, 0.29) is 11.8 Å². The van der Waals surface area contributed by atoms with Gasteiger partial charge in [-0.05, 0) is 37.5 Å². The fourth-order valence-electron chi connectivity index (χ4n) is 4.20. The van der Waals surface area contributed by atoms with E-state index in [1.54, 1.807) is 0 Å². The van der Waals surface area contributed by atoms with Crippen molar-refractivity contribution in [3.05, 3.63) is 0 Å². The van der Waals surface area contributed by atoms with E-state index in [9.17, 15) is 9.59 Å². The molecule has 0 bridgehead atoms. The van der Waals surface area contributed by atoms with Crippen LogP contribution in [0.5, 0.6) is 0 Å². The van der Waals surface area contributed by atoms with Crippen molar-refractivity contribution in [2.45, 2.75) is 70.3 Å². The summed E-state index contributed by atoms with van der Waals surface area (Å²) in [5, 5.41) is 3.04. The van der Waals surface area contributed by atoms with Crippen LogP contribution in [0.25, 0.3) is 0 Å². The van der Waals surface area contributed by atoms with Gasteiger partial charge in [-0.1, -0.05) is 26.2 Å². The lowest BCUT2D eigenvalue weighted by Gasteiger charge is -2.45.